The van der Waals surface area contributed by atoms with Gasteiger partial charge in [-0.3, -0.25) is 4.55 Å². The van der Waals surface area contributed by atoms with Gasteiger partial charge < -0.3 is 4.98 Å². The molecule has 0 atom stereocenters. The summed E-state index contributed by atoms with van der Waals surface area (Å²) in [5.74, 6) is 0. The summed E-state index contributed by atoms with van der Waals surface area (Å²) in [4.78, 5) is 6.83. The SMILES string of the molecule is O=S(=O)(O)c1nc2c(-c3ccccc3)c(-c3ccccc3)ccc2[nH]1. The molecule has 0 saturated carbocycles. The normalized spacial score (nSPS) is 11.7. The smallest absolute Gasteiger partial charge is 0.327 e. The summed E-state index contributed by atoms with van der Waals surface area (Å²) in [5.41, 5.74) is 4.72. The third-order valence-electron chi connectivity index (χ3n) is 4.02. The molecule has 0 aliphatic rings. The first-order chi connectivity index (χ1) is 12.0. The molecule has 3 aromatic carbocycles. The molecule has 4 aromatic rings. The van der Waals surface area contributed by atoms with Crippen molar-refractivity contribution in [3.05, 3.63) is 72.8 Å². The summed E-state index contributed by atoms with van der Waals surface area (Å²) in [6, 6.07) is 23.1. The monoisotopic (exact) mass is 350 g/mol. The Morgan fingerprint density at radius 2 is 1.40 bits per heavy atom. The molecule has 25 heavy (non-hydrogen) atoms. The van der Waals surface area contributed by atoms with E-state index >= 15 is 0 Å². The Morgan fingerprint density at radius 3 is 2.00 bits per heavy atom. The quantitative estimate of drug-likeness (QED) is 0.544. The molecule has 0 fully saturated rings. The predicted molar refractivity (Wildman–Crippen MR) is 96.8 cm³/mol. The summed E-state index contributed by atoms with van der Waals surface area (Å²) in [7, 11) is -4.41. The van der Waals surface area contributed by atoms with Crippen LogP contribution in [0.15, 0.2) is 78.0 Å². The average Bonchev–Trinajstić information content (AvgIpc) is 3.07. The van der Waals surface area contributed by atoms with Crippen LogP contribution in [0.25, 0.3) is 33.3 Å². The Morgan fingerprint density at radius 1 is 0.800 bits per heavy atom. The molecular formula is C19H14N2O3S. The number of aromatic amines is 1. The molecular weight excluding hydrogens is 336 g/mol. The number of imidazole rings is 1. The topological polar surface area (TPSA) is 83.1 Å². The van der Waals surface area contributed by atoms with Crippen LogP contribution in [0.5, 0.6) is 0 Å². The van der Waals surface area contributed by atoms with Crippen molar-refractivity contribution in [2.24, 2.45) is 0 Å². The standard InChI is InChI=1S/C19H14N2O3S/c22-25(23,24)19-20-16-12-11-15(13-7-3-1-4-8-13)17(18(16)21-19)14-9-5-2-6-10-14/h1-12H,(H,20,21)(H,22,23,24). The second kappa shape index (κ2) is 5.84. The minimum absolute atomic E-state index is 0.454. The molecule has 1 aromatic heterocycles. The van der Waals surface area contributed by atoms with Crippen LogP contribution < -0.4 is 0 Å². The molecule has 0 aliphatic heterocycles. The Hall–Kier alpha value is -2.96. The van der Waals surface area contributed by atoms with Crippen molar-refractivity contribution in [3.63, 3.8) is 0 Å². The van der Waals surface area contributed by atoms with Crippen LogP contribution >= 0.6 is 0 Å². The van der Waals surface area contributed by atoms with Crippen molar-refractivity contribution >= 4 is 21.2 Å². The first-order valence-corrected chi connectivity index (χ1v) is 9.09. The molecule has 0 saturated heterocycles. The first kappa shape index (κ1) is 15.6. The molecule has 0 aliphatic carbocycles. The van der Waals surface area contributed by atoms with Crippen LogP contribution in [0.1, 0.15) is 0 Å². The van der Waals surface area contributed by atoms with Crippen LogP contribution in [0, 0.1) is 0 Å². The highest BCUT2D eigenvalue weighted by molar-refractivity contribution is 7.85. The second-order valence-corrected chi connectivity index (χ2v) is 6.97. The molecule has 1 heterocycles. The number of rotatable bonds is 3. The Balaban J connectivity index is 2.09. The van der Waals surface area contributed by atoms with E-state index in [4.69, 9.17) is 0 Å². The number of fused-ring (bicyclic) bond motifs is 1. The van der Waals surface area contributed by atoms with Crippen molar-refractivity contribution < 1.29 is 13.0 Å². The third kappa shape index (κ3) is 2.82. The molecule has 0 unspecified atom stereocenters. The van der Waals surface area contributed by atoms with E-state index in [9.17, 15) is 13.0 Å². The van der Waals surface area contributed by atoms with Gasteiger partial charge in [-0.25, -0.2) is 4.98 Å². The maximum atomic E-state index is 11.5. The van der Waals surface area contributed by atoms with E-state index in [1.54, 1.807) is 6.07 Å². The minimum Gasteiger partial charge on any atom is -0.327 e. The van der Waals surface area contributed by atoms with Gasteiger partial charge in [0.2, 0.25) is 0 Å². The molecule has 124 valence electrons. The van der Waals surface area contributed by atoms with Gasteiger partial charge in [0.05, 0.1) is 11.0 Å². The molecule has 0 spiro atoms. The van der Waals surface area contributed by atoms with Gasteiger partial charge in [0.25, 0.3) is 5.16 Å². The van der Waals surface area contributed by atoms with Gasteiger partial charge in [0.15, 0.2) is 0 Å². The lowest BCUT2D eigenvalue weighted by Gasteiger charge is -2.11. The summed E-state index contributed by atoms with van der Waals surface area (Å²) < 4.78 is 32.3. The van der Waals surface area contributed by atoms with E-state index < -0.39 is 15.3 Å². The van der Waals surface area contributed by atoms with E-state index in [0.717, 1.165) is 22.3 Å². The van der Waals surface area contributed by atoms with Crippen LogP contribution in [-0.2, 0) is 10.1 Å². The van der Waals surface area contributed by atoms with Gasteiger partial charge in [-0.15, -0.1) is 0 Å². The lowest BCUT2D eigenvalue weighted by Crippen LogP contribution is -1.99. The number of hydrogen-bond acceptors (Lipinski definition) is 3. The fourth-order valence-electron chi connectivity index (χ4n) is 2.93. The summed E-state index contributed by atoms with van der Waals surface area (Å²) in [6.45, 7) is 0. The molecule has 2 N–H and O–H groups in total. The zero-order chi connectivity index (χ0) is 17.4. The van der Waals surface area contributed by atoms with Gasteiger partial charge in [0, 0.05) is 5.56 Å². The van der Waals surface area contributed by atoms with Gasteiger partial charge in [-0.1, -0.05) is 66.7 Å². The lowest BCUT2D eigenvalue weighted by atomic mass is 9.93. The molecule has 4 rings (SSSR count). The van der Waals surface area contributed by atoms with Crippen molar-refractivity contribution in [1.29, 1.82) is 0 Å². The summed E-state index contributed by atoms with van der Waals surface area (Å²) >= 11 is 0. The average molecular weight is 350 g/mol. The maximum Gasteiger partial charge on any atom is 0.328 e. The highest BCUT2D eigenvalue weighted by atomic mass is 32.2. The largest absolute Gasteiger partial charge is 0.328 e. The van der Waals surface area contributed by atoms with Crippen LogP contribution in [0.3, 0.4) is 0 Å². The van der Waals surface area contributed by atoms with Gasteiger partial charge >= 0.3 is 10.1 Å². The summed E-state index contributed by atoms with van der Waals surface area (Å²) in [5, 5.41) is -0.454. The Kier molecular flexibility index (Phi) is 3.63. The van der Waals surface area contributed by atoms with Crippen molar-refractivity contribution in [3.8, 4) is 22.3 Å². The Bertz CT molecular complexity index is 1150. The molecule has 0 bridgehead atoms. The maximum absolute atomic E-state index is 11.5. The zero-order valence-corrected chi connectivity index (χ0v) is 13.9. The lowest BCUT2D eigenvalue weighted by molar-refractivity contribution is 0.476. The van der Waals surface area contributed by atoms with Crippen molar-refractivity contribution in [2.45, 2.75) is 5.16 Å². The van der Waals surface area contributed by atoms with E-state index in [1.807, 2.05) is 66.7 Å². The number of H-pyrrole nitrogens is 1. The van der Waals surface area contributed by atoms with Crippen LogP contribution in [-0.4, -0.2) is 22.9 Å². The van der Waals surface area contributed by atoms with E-state index in [-0.39, 0.29) is 0 Å². The van der Waals surface area contributed by atoms with Crippen molar-refractivity contribution in [2.75, 3.05) is 0 Å². The molecule has 0 radical (unpaired) electrons. The van der Waals surface area contributed by atoms with Crippen LogP contribution in [0.4, 0.5) is 0 Å². The number of nitrogens with zero attached hydrogens (tertiary/aromatic N) is 1. The number of hydrogen-bond donors (Lipinski definition) is 2. The van der Waals surface area contributed by atoms with Gasteiger partial charge in [0.1, 0.15) is 0 Å². The zero-order valence-electron chi connectivity index (χ0n) is 13.0. The molecule has 5 nitrogen and oxygen atoms in total. The predicted octanol–water partition coefficient (Wildman–Crippen LogP) is 4.14. The number of nitrogens with one attached hydrogen (secondary N) is 1. The highest BCUT2D eigenvalue weighted by Gasteiger charge is 2.20. The Labute approximate surface area is 144 Å². The number of benzene rings is 3. The van der Waals surface area contributed by atoms with E-state index in [0.29, 0.717) is 11.0 Å². The van der Waals surface area contributed by atoms with E-state index in [2.05, 4.69) is 9.97 Å². The third-order valence-corrected chi connectivity index (χ3v) is 4.71. The first-order valence-electron chi connectivity index (χ1n) is 7.65. The van der Waals surface area contributed by atoms with E-state index in [1.165, 1.54) is 0 Å². The van der Waals surface area contributed by atoms with Gasteiger partial charge in [-0.2, -0.15) is 8.42 Å². The molecule has 6 heteroatoms. The fraction of sp³-hybridized carbons (Fsp3) is 0. The number of aromatic nitrogens is 2. The minimum atomic E-state index is -4.41. The second-order valence-electron chi connectivity index (χ2n) is 5.63. The fourth-order valence-corrected chi connectivity index (χ4v) is 3.38. The molecule has 0 amide bonds. The van der Waals surface area contributed by atoms with Crippen LogP contribution in [0.2, 0.25) is 0 Å². The van der Waals surface area contributed by atoms with Gasteiger partial charge in [-0.05, 0) is 22.8 Å². The van der Waals surface area contributed by atoms with Crippen molar-refractivity contribution in [1.82, 2.24) is 9.97 Å². The highest BCUT2D eigenvalue weighted by Crippen LogP contribution is 2.37. The summed E-state index contributed by atoms with van der Waals surface area (Å²) in [6.07, 6.45) is 0.